The van der Waals surface area contributed by atoms with Crippen LogP contribution in [0.3, 0.4) is 0 Å². The standard InChI is InChI=1S/C14H20BrNO/c1-9-6-10(2)14(17-3)12(13(9)15)7-11-4-5-16-8-11/h6,11,16H,4-5,7-8H2,1-3H3. The van der Waals surface area contributed by atoms with Gasteiger partial charge in [0, 0.05) is 10.0 Å². The average Bonchev–Trinajstić information content (AvgIpc) is 2.78. The van der Waals surface area contributed by atoms with Crippen LogP contribution < -0.4 is 10.1 Å². The molecule has 0 bridgehead atoms. The molecule has 0 radical (unpaired) electrons. The number of methoxy groups -OCH3 is 1. The predicted molar refractivity (Wildman–Crippen MR) is 74.8 cm³/mol. The van der Waals surface area contributed by atoms with Crippen molar-refractivity contribution in [3.05, 3.63) is 27.2 Å². The molecule has 0 spiro atoms. The molecule has 1 heterocycles. The quantitative estimate of drug-likeness (QED) is 0.925. The fourth-order valence-corrected chi connectivity index (χ4v) is 3.13. The molecule has 1 unspecified atom stereocenters. The van der Waals surface area contributed by atoms with Gasteiger partial charge >= 0.3 is 0 Å². The molecule has 2 rings (SSSR count). The molecule has 1 aromatic carbocycles. The first-order valence-corrected chi connectivity index (χ1v) is 6.96. The van der Waals surface area contributed by atoms with Gasteiger partial charge in [0.25, 0.3) is 0 Å². The van der Waals surface area contributed by atoms with Gasteiger partial charge in [-0.25, -0.2) is 0 Å². The van der Waals surface area contributed by atoms with Gasteiger partial charge in [0.05, 0.1) is 7.11 Å². The van der Waals surface area contributed by atoms with Crippen LogP contribution in [0.1, 0.15) is 23.1 Å². The SMILES string of the molecule is COc1c(C)cc(C)c(Br)c1CC1CCNC1. The average molecular weight is 298 g/mol. The largest absolute Gasteiger partial charge is 0.496 e. The van der Waals surface area contributed by atoms with E-state index < -0.39 is 0 Å². The maximum atomic E-state index is 5.57. The number of aryl methyl sites for hydroxylation is 2. The number of ether oxygens (including phenoxy) is 1. The molecule has 0 saturated carbocycles. The Labute approximate surface area is 112 Å². The predicted octanol–water partition coefficient (Wildman–Crippen LogP) is 3.23. The number of rotatable bonds is 3. The molecule has 1 atom stereocenters. The summed E-state index contributed by atoms with van der Waals surface area (Å²) in [5.41, 5.74) is 3.86. The van der Waals surface area contributed by atoms with Gasteiger partial charge in [-0.05, 0) is 56.8 Å². The second kappa shape index (κ2) is 5.40. The summed E-state index contributed by atoms with van der Waals surface area (Å²) in [5.74, 6) is 1.79. The van der Waals surface area contributed by atoms with Crippen LogP contribution in [0.4, 0.5) is 0 Å². The molecule has 1 aromatic rings. The zero-order valence-electron chi connectivity index (χ0n) is 10.8. The molecule has 17 heavy (non-hydrogen) atoms. The second-order valence-electron chi connectivity index (χ2n) is 4.90. The van der Waals surface area contributed by atoms with Gasteiger partial charge in [-0.3, -0.25) is 0 Å². The Morgan fingerprint density at radius 1 is 1.41 bits per heavy atom. The van der Waals surface area contributed by atoms with Crippen molar-refractivity contribution in [1.82, 2.24) is 5.32 Å². The maximum Gasteiger partial charge on any atom is 0.126 e. The molecule has 1 fully saturated rings. The molecule has 1 aliphatic rings. The minimum absolute atomic E-state index is 0.737. The first-order valence-electron chi connectivity index (χ1n) is 6.16. The molecule has 94 valence electrons. The van der Waals surface area contributed by atoms with Crippen LogP contribution >= 0.6 is 15.9 Å². The van der Waals surface area contributed by atoms with Crippen LogP contribution in [0.2, 0.25) is 0 Å². The summed E-state index contributed by atoms with van der Waals surface area (Å²) in [6.07, 6.45) is 2.36. The van der Waals surface area contributed by atoms with Crippen LogP contribution in [-0.4, -0.2) is 20.2 Å². The highest BCUT2D eigenvalue weighted by Gasteiger charge is 2.20. The minimum atomic E-state index is 0.737. The van der Waals surface area contributed by atoms with Gasteiger partial charge in [-0.2, -0.15) is 0 Å². The lowest BCUT2D eigenvalue weighted by molar-refractivity contribution is 0.401. The highest BCUT2D eigenvalue weighted by molar-refractivity contribution is 9.10. The van der Waals surface area contributed by atoms with E-state index in [1.807, 2.05) is 0 Å². The summed E-state index contributed by atoms with van der Waals surface area (Å²) in [7, 11) is 1.76. The van der Waals surface area contributed by atoms with E-state index in [-0.39, 0.29) is 0 Å². The fraction of sp³-hybridized carbons (Fsp3) is 0.571. The topological polar surface area (TPSA) is 21.3 Å². The lowest BCUT2D eigenvalue weighted by Gasteiger charge is -2.18. The van der Waals surface area contributed by atoms with Crippen LogP contribution in [0.15, 0.2) is 10.5 Å². The molecule has 0 amide bonds. The molecule has 0 aromatic heterocycles. The van der Waals surface area contributed by atoms with Crippen LogP contribution in [0.25, 0.3) is 0 Å². The molecule has 1 N–H and O–H groups in total. The number of hydrogen-bond acceptors (Lipinski definition) is 2. The smallest absolute Gasteiger partial charge is 0.126 e. The summed E-state index contributed by atoms with van der Waals surface area (Å²) in [6, 6.07) is 2.18. The lowest BCUT2D eigenvalue weighted by atomic mass is 9.95. The van der Waals surface area contributed by atoms with E-state index in [9.17, 15) is 0 Å². The molecular weight excluding hydrogens is 278 g/mol. The number of hydrogen-bond donors (Lipinski definition) is 1. The van der Waals surface area contributed by atoms with Crippen molar-refractivity contribution in [1.29, 1.82) is 0 Å². The lowest BCUT2D eigenvalue weighted by Crippen LogP contribution is -2.12. The van der Waals surface area contributed by atoms with Gasteiger partial charge < -0.3 is 10.1 Å². The molecular formula is C14H20BrNO. The van der Waals surface area contributed by atoms with Crippen molar-refractivity contribution >= 4 is 15.9 Å². The Kier molecular flexibility index (Phi) is 4.10. The monoisotopic (exact) mass is 297 g/mol. The van der Waals surface area contributed by atoms with E-state index in [2.05, 4.69) is 41.2 Å². The highest BCUT2D eigenvalue weighted by Crippen LogP contribution is 2.35. The van der Waals surface area contributed by atoms with Crippen LogP contribution in [0, 0.1) is 19.8 Å². The molecule has 2 nitrogen and oxygen atoms in total. The first kappa shape index (κ1) is 12.9. The van der Waals surface area contributed by atoms with Gasteiger partial charge in [0.15, 0.2) is 0 Å². The maximum absolute atomic E-state index is 5.57. The van der Waals surface area contributed by atoms with Crippen molar-refractivity contribution in [2.75, 3.05) is 20.2 Å². The van der Waals surface area contributed by atoms with Gasteiger partial charge in [-0.1, -0.05) is 22.0 Å². The molecule has 1 saturated heterocycles. The van der Waals surface area contributed by atoms with Gasteiger partial charge in [0.1, 0.15) is 5.75 Å². The summed E-state index contributed by atoms with van der Waals surface area (Å²) in [5, 5.41) is 3.42. The van der Waals surface area contributed by atoms with E-state index in [0.29, 0.717) is 0 Å². The number of nitrogens with one attached hydrogen (secondary N) is 1. The van der Waals surface area contributed by atoms with Crippen molar-refractivity contribution < 1.29 is 4.74 Å². The first-order chi connectivity index (χ1) is 8.13. The third-order valence-corrected chi connectivity index (χ3v) is 4.64. The van der Waals surface area contributed by atoms with E-state index in [4.69, 9.17) is 4.74 Å². The van der Waals surface area contributed by atoms with Crippen LogP contribution in [-0.2, 0) is 6.42 Å². The zero-order chi connectivity index (χ0) is 12.4. The summed E-state index contributed by atoms with van der Waals surface area (Å²) < 4.78 is 6.79. The van der Waals surface area contributed by atoms with Crippen molar-refractivity contribution in [2.24, 2.45) is 5.92 Å². The highest BCUT2D eigenvalue weighted by atomic mass is 79.9. The van der Waals surface area contributed by atoms with E-state index in [0.717, 1.165) is 31.2 Å². The Morgan fingerprint density at radius 3 is 2.76 bits per heavy atom. The third-order valence-electron chi connectivity index (χ3n) is 3.54. The summed E-state index contributed by atoms with van der Waals surface area (Å²) >= 11 is 3.71. The third kappa shape index (κ3) is 2.66. The molecule has 3 heteroatoms. The Hall–Kier alpha value is -0.540. The van der Waals surface area contributed by atoms with Gasteiger partial charge in [0.2, 0.25) is 0 Å². The normalized spacial score (nSPS) is 19.6. The summed E-state index contributed by atoms with van der Waals surface area (Å²) in [6.45, 7) is 6.54. The fourth-order valence-electron chi connectivity index (χ4n) is 2.67. The Bertz CT molecular complexity index is 411. The number of benzene rings is 1. The van der Waals surface area contributed by atoms with E-state index >= 15 is 0 Å². The second-order valence-corrected chi connectivity index (χ2v) is 5.69. The Balaban J connectivity index is 2.35. The van der Waals surface area contributed by atoms with Crippen molar-refractivity contribution in [3.8, 4) is 5.75 Å². The van der Waals surface area contributed by atoms with Crippen LogP contribution in [0.5, 0.6) is 5.75 Å². The zero-order valence-corrected chi connectivity index (χ0v) is 12.4. The Morgan fingerprint density at radius 2 is 2.18 bits per heavy atom. The van der Waals surface area contributed by atoms with Gasteiger partial charge in [-0.15, -0.1) is 0 Å². The number of halogens is 1. The van der Waals surface area contributed by atoms with E-state index in [1.165, 1.54) is 27.6 Å². The summed E-state index contributed by atoms with van der Waals surface area (Å²) in [4.78, 5) is 0. The van der Waals surface area contributed by atoms with Crippen molar-refractivity contribution in [2.45, 2.75) is 26.7 Å². The minimum Gasteiger partial charge on any atom is -0.496 e. The van der Waals surface area contributed by atoms with Crippen molar-refractivity contribution in [3.63, 3.8) is 0 Å². The molecule has 1 aliphatic heterocycles. The molecule has 0 aliphatic carbocycles. The van der Waals surface area contributed by atoms with E-state index in [1.54, 1.807) is 7.11 Å².